The molecule has 6 heterocycles. The van der Waals surface area contributed by atoms with Crippen LogP contribution in [-0.2, 0) is 14.4 Å². The maximum absolute atomic E-state index is 13.2. The Bertz CT molecular complexity index is 2760. The maximum atomic E-state index is 13.2. The maximum Gasteiger partial charge on any atom is 0.262 e. The van der Waals surface area contributed by atoms with Crippen molar-refractivity contribution in [2.45, 2.75) is 56.7 Å². The van der Waals surface area contributed by atoms with Gasteiger partial charge in [-0.05, 0) is 92.6 Å². The van der Waals surface area contributed by atoms with Crippen LogP contribution in [-0.4, -0.2) is 134 Å². The smallest absolute Gasteiger partial charge is 0.262 e. The number of rotatable bonds is 12. The topological polar surface area (TPSA) is 204 Å². The van der Waals surface area contributed by atoms with Gasteiger partial charge in [-0.1, -0.05) is 29.3 Å². The molecule has 6 amide bonds. The summed E-state index contributed by atoms with van der Waals surface area (Å²) in [5.41, 5.74) is 3.98. The number of hydrogen-bond acceptors (Lipinski definition) is 13. The zero-order valence-electron chi connectivity index (χ0n) is 36.3. The molecule has 1 aliphatic carbocycles. The van der Waals surface area contributed by atoms with Crippen LogP contribution in [0.4, 0.5) is 17.2 Å². The highest BCUT2D eigenvalue weighted by molar-refractivity contribution is 6.39. The standard InChI is InChI=1S/C47H47Cl2N11O7/c48-35-2-1-3-36(49)40(35)45(64)54-29-20-31(21-29)59-26-52-41-42(50-25-51-43(41)59)53-28-4-6-30(7-5-28)57-14-12-27(13-15-57)23-56-16-18-58(19-17-56)39(62)24-67-32-8-9-33-34(22-32)47(66)60(46(33)65)37-10-11-38(61)55-44(37)63/h1-9,22,25-27,29,31,37H,10-21,23-24H2,(H,54,64)(H,50,51,53)(H,55,61,63)/t29?,31?,37-/m0/s1. The Morgan fingerprint density at radius 2 is 1.55 bits per heavy atom. The van der Waals surface area contributed by atoms with Crippen molar-refractivity contribution < 1.29 is 33.5 Å². The number of amides is 6. The number of piperidine rings is 2. The number of anilines is 3. The summed E-state index contributed by atoms with van der Waals surface area (Å²) in [4.78, 5) is 97.4. The van der Waals surface area contributed by atoms with Gasteiger partial charge in [-0.2, -0.15) is 0 Å². The summed E-state index contributed by atoms with van der Waals surface area (Å²) in [5.74, 6) is -1.33. The molecule has 5 aromatic rings. The highest BCUT2D eigenvalue weighted by Gasteiger charge is 2.45. The van der Waals surface area contributed by atoms with Gasteiger partial charge in [0.05, 0.1) is 33.1 Å². The first-order valence-electron chi connectivity index (χ1n) is 22.5. The number of nitrogens with zero attached hydrogens (tertiary/aromatic N) is 8. The van der Waals surface area contributed by atoms with Crippen molar-refractivity contribution in [3.05, 3.63) is 100 Å². The minimum atomic E-state index is -1.05. The molecule has 2 aromatic heterocycles. The van der Waals surface area contributed by atoms with Crippen LogP contribution in [0.15, 0.2) is 73.3 Å². The van der Waals surface area contributed by atoms with E-state index in [1.807, 2.05) is 4.57 Å². The summed E-state index contributed by atoms with van der Waals surface area (Å²) in [7, 11) is 0. The molecule has 0 unspecified atom stereocenters. The summed E-state index contributed by atoms with van der Waals surface area (Å²) < 4.78 is 7.83. The molecule has 3 saturated heterocycles. The van der Waals surface area contributed by atoms with E-state index in [2.05, 4.69) is 65.0 Å². The van der Waals surface area contributed by atoms with Crippen molar-refractivity contribution in [2.24, 2.45) is 5.92 Å². The van der Waals surface area contributed by atoms with E-state index < -0.39 is 29.7 Å². The lowest BCUT2D eigenvalue weighted by molar-refractivity contribution is -0.136. The third kappa shape index (κ3) is 9.00. The second-order valence-corrected chi connectivity index (χ2v) is 18.5. The molecular formula is C47H47Cl2N11O7. The molecule has 1 saturated carbocycles. The Hall–Kier alpha value is -6.63. The molecule has 18 nitrogen and oxygen atoms in total. The lowest BCUT2D eigenvalue weighted by Crippen LogP contribution is -2.54. The molecule has 4 aliphatic heterocycles. The van der Waals surface area contributed by atoms with Crippen LogP contribution < -0.4 is 25.6 Å². The van der Waals surface area contributed by atoms with Gasteiger partial charge >= 0.3 is 0 Å². The predicted molar refractivity (Wildman–Crippen MR) is 248 cm³/mol. The molecule has 346 valence electrons. The van der Waals surface area contributed by atoms with Gasteiger partial charge in [-0.25, -0.2) is 15.0 Å². The van der Waals surface area contributed by atoms with Crippen molar-refractivity contribution in [3.8, 4) is 5.75 Å². The number of aromatic nitrogens is 4. The molecule has 5 aliphatic rings. The molecule has 3 N–H and O–H groups in total. The first-order valence-corrected chi connectivity index (χ1v) is 23.3. The fourth-order valence-electron chi connectivity index (χ4n) is 9.70. The first kappa shape index (κ1) is 44.2. The van der Waals surface area contributed by atoms with Gasteiger partial charge in [-0.3, -0.25) is 43.9 Å². The zero-order chi connectivity index (χ0) is 46.3. The van der Waals surface area contributed by atoms with Crippen molar-refractivity contribution in [2.75, 3.05) is 62.6 Å². The lowest BCUT2D eigenvalue weighted by Gasteiger charge is -2.39. The Kier molecular flexibility index (Phi) is 12.3. The number of ether oxygens (including phenoxy) is 1. The summed E-state index contributed by atoms with van der Waals surface area (Å²) in [6.07, 6.45) is 7.00. The van der Waals surface area contributed by atoms with E-state index in [1.165, 1.54) is 24.5 Å². The molecule has 0 radical (unpaired) electrons. The fourth-order valence-corrected chi connectivity index (χ4v) is 10.3. The van der Waals surface area contributed by atoms with Crippen molar-refractivity contribution in [1.29, 1.82) is 0 Å². The number of hydrogen-bond donors (Lipinski definition) is 3. The van der Waals surface area contributed by atoms with E-state index in [0.717, 1.165) is 80.3 Å². The largest absolute Gasteiger partial charge is 0.484 e. The molecule has 4 fully saturated rings. The Morgan fingerprint density at radius 1 is 0.821 bits per heavy atom. The van der Waals surface area contributed by atoms with Gasteiger partial charge in [0.15, 0.2) is 23.6 Å². The van der Waals surface area contributed by atoms with Crippen LogP contribution in [0.1, 0.15) is 75.6 Å². The monoisotopic (exact) mass is 947 g/mol. The van der Waals surface area contributed by atoms with Gasteiger partial charge in [0.1, 0.15) is 18.1 Å². The summed E-state index contributed by atoms with van der Waals surface area (Å²) in [6.45, 7) is 5.39. The highest BCUT2D eigenvalue weighted by atomic mass is 35.5. The molecule has 0 bridgehead atoms. The number of benzene rings is 3. The van der Waals surface area contributed by atoms with Crippen molar-refractivity contribution in [3.63, 3.8) is 0 Å². The van der Waals surface area contributed by atoms with Crippen molar-refractivity contribution >= 4 is 87.0 Å². The number of piperazine rings is 1. The van der Waals surface area contributed by atoms with Crippen LogP contribution in [0.2, 0.25) is 10.0 Å². The Morgan fingerprint density at radius 3 is 2.28 bits per heavy atom. The second kappa shape index (κ2) is 18.6. The molecule has 0 spiro atoms. The van der Waals surface area contributed by atoms with Crippen LogP contribution in [0.25, 0.3) is 11.2 Å². The minimum absolute atomic E-state index is 0.0243. The van der Waals surface area contributed by atoms with E-state index in [9.17, 15) is 28.8 Å². The molecule has 67 heavy (non-hydrogen) atoms. The summed E-state index contributed by atoms with van der Waals surface area (Å²) >= 11 is 12.5. The molecule has 1 atom stereocenters. The first-order chi connectivity index (χ1) is 32.5. The molecule has 10 rings (SSSR count). The average Bonchev–Trinajstić information content (AvgIpc) is 3.85. The number of carbonyl (C=O) groups excluding carboxylic acids is 6. The van der Waals surface area contributed by atoms with Crippen LogP contribution in [0.5, 0.6) is 5.75 Å². The van der Waals surface area contributed by atoms with E-state index in [0.29, 0.717) is 40.4 Å². The second-order valence-electron chi connectivity index (χ2n) is 17.7. The van der Waals surface area contributed by atoms with Gasteiger partial charge in [0.25, 0.3) is 23.6 Å². The van der Waals surface area contributed by atoms with E-state index >= 15 is 0 Å². The SMILES string of the molecule is O=C1CC[C@H](N2C(=O)c3ccc(OCC(=O)N4CCN(CC5CCN(c6ccc(Nc7ncnc8c7ncn8C7CC(NC(=O)c8c(Cl)cccc8Cl)C7)cc6)CC5)CC4)cc3C2=O)C(=O)N1. The number of carbonyl (C=O) groups is 6. The highest BCUT2D eigenvalue weighted by Crippen LogP contribution is 2.37. The van der Waals surface area contributed by atoms with E-state index in [4.69, 9.17) is 27.9 Å². The van der Waals surface area contributed by atoms with Gasteiger partial charge in [-0.15, -0.1) is 0 Å². The molecular weight excluding hydrogens is 901 g/mol. The average molecular weight is 949 g/mol. The number of imide groups is 2. The minimum Gasteiger partial charge on any atom is -0.484 e. The molecule has 20 heteroatoms. The number of nitrogens with one attached hydrogen (secondary N) is 3. The number of halogens is 2. The van der Waals surface area contributed by atoms with E-state index in [-0.39, 0.29) is 65.8 Å². The third-order valence-corrected chi connectivity index (χ3v) is 14.1. The predicted octanol–water partition coefficient (Wildman–Crippen LogP) is 4.85. The van der Waals surface area contributed by atoms with Gasteiger partial charge < -0.3 is 29.7 Å². The summed E-state index contributed by atoms with van der Waals surface area (Å²) in [6, 6.07) is 16.8. The van der Waals surface area contributed by atoms with E-state index in [1.54, 1.807) is 29.4 Å². The Balaban J connectivity index is 0.649. The molecule has 3 aromatic carbocycles. The summed E-state index contributed by atoms with van der Waals surface area (Å²) in [5, 5.41) is 9.29. The zero-order valence-corrected chi connectivity index (χ0v) is 37.8. The normalized spacial score (nSPS) is 21.3. The van der Waals surface area contributed by atoms with Gasteiger partial charge in [0, 0.05) is 75.7 Å². The van der Waals surface area contributed by atoms with Crippen molar-refractivity contribution in [1.82, 2.24) is 44.9 Å². The lowest BCUT2D eigenvalue weighted by atomic mass is 9.86. The fraction of sp³-hybridized carbons (Fsp3) is 0.383. The Labute approximate surface area is 394 Å². The quantitative estimate of drug-likeness (QED) is 0.143. The van der Waals surface area contributed by atoms with Gasteiger partial charge in [0.2, 0.25) is 11.8 Å². The van der Waals surface area contributed by atoms with Crippen LogP contribution >= 0.6 is 23.2 Å². The number of imidazole rings is 1. The third-order valence-electron chi connectivity index (χ3n) is 13.5. The van der Waals surface area contributed by atoms with Crippen LogP contribution in [0, 0.1) is 5.92 Å². The van der Waals surface area contributed by atoms with Crippen LogP contribution in [0.3, 0.4) is 0 Å². The number of fused-ring (bicyclic) bond motifs is 2.